The lowest BCUT2D eigenvalue weighted by Crippen LogP contribution is -2.42. The normalized spacial score (nSPS) is 24.1. The van der Waals surface area contributed by atoms with E-state index in [4.69, 9.17) is 5.11 Å². The first-order valence-electron chi connectivity index (χ1n) is 5.39. The molecule has 0 aromatic heterocycles. The Morgan fingerprint density at radius 2 is 2.06 bits per heavy atom. The SMILES string of the molecule is CN1C(=O)[C@H](Cc2ccccc2)NC1C(=O)O. The van der Waals surface area contributed by atoms with Gasteiger partial charge in [-0.25, -0.2) is 4.79 Å². The third kappa shape index (κ3) is 2.29. The quantitative estimate of drug-likeness (QED) is 0.776. The molecule has 90 valence electrons. The molecule has 0 bridgehead atoms. The molecule has 1 aromatic rings. The summed E-state index contributed by atoms with van der Waals surface area (Å²) < 4.78 is 0. The van der Waals surface area contributed by atoms with Crippen molar-refractivity contribution in [2.75, 3.05) is 7.05 Å². The minimum atomic E-state index is -1.03. The zero-order valence-electron chi connectivity index (χ0n) is 9.46. The van der Waals surface area contributed by atoms with Crippen LogP contribution in [0.3, 0.4) is 0 Å². The van der Waals surface area contributed by atoms with Gasteiger partial charge in [0.15, 0.2) is 6.17 Å². The number of benzene rings is 1. The van der Waals surface area contributed by atoms with E-state index in [-0.39, 0.29) is 5.91 Å². The Kier molecular flexibility index (Phi) is 3.10. The van der Waals surface area contributed by atoms with Crippen molar-refractivity contribution in [3.63, 3.8) is 0 Å². The number of carboxylic acid groups (broad SMARTS) is 1. The van der Waals surface area contributed by atoms with E-state index in [9.17, 15) is 9.59 Å². The molecule has 1 aliphatic heterocycles. The number of hydrogen-bond donors (Lipinski definition) is 2. The first kappa shape index (κ1) is 11.6. The van der Waals surface area contributed by atoms with E-state index >= 15 is 0 Å². The number of rotatable bonds is 3. The lowest BCUT2D eigenvalue weighted by atomic mass is 10.1. The molecule has 1 heterocycles. The van der Waals surface area contributed by atoms with Crippen molar-refractivity contribution in [1.82, 2.24) is 10.2 Å². The maximum Gasteiger partial charge on any atom is 0.341 e. The van der Waals surface area contributed by atoms with Gasteiger partial charge in [0.1, 0.15) is 0 Å². The second kappa shape index (κ2) is 4.55. The fourth-order valence-corrected chi connectivity index (χ4v) is 1.98. The third-order valence-electron chi connectivity index (χ3n) is 2.91. The Morgan fingerprint density at radius 1 is 1.41 bits per heavy atom. The van der Waals surface area contributed by atoms with Gasteiger partial charge in [0.25, 0.3) is 0 Å². The van der Waals surface area contributed by atoms with Gasteiger partial charge in [-0.2, -0.15) is 0 Å². The highest BCUT2D eigenvalue weighted by Gasteiger charge is 2.40. The number of aliphatic carboxylic acids is 1. The van der Waals surface area contributed by atoms with E-state index in [1.54, 1.807) is 0 Å². The van der Waals surface area contributed by atoms with Crippen molar-refractivity contribution < 1.29 is 14.7 Å². The Hall–Kier alpha value is -1.88. The molecule has 2 N–H and O–H groups in total. The maximum atomic E-state index is 11.8. The summed E-state index contributed by atoms with van der Waals surface area (Å²) in [6.45, 7) is 0. The Morgan fingerprint density at radius 3 is 2.59 bits per heavy atom. The molecular weight excluding hydrogens is 220 g/mol. The van der Waals surface area contributed by atoms with Crippen molar-refractivity contribution in [2.24, 2.45) is 0 Å². The van der Waals surface area contributed by atoms with Gasteiger partial charge in [0.05, 0.1) is 6.04 Å². The second-order valence-electron chi connectivity index (χ2n) is 4.10. The highest BCUT2D eigenvalue weighted by molar-refractivity contribution is 5.90. The van der Waals surface area contributed by atoms with Crippen LogP contribution >= 0.6 is 0 Å². The van der Waals surface area contributed by atoms with Gasteiger partial charge in [-0.05, 0) is 12.0 Å². The number of nitrogens with one attached hydrogen (secondary N) is 1. The Labute approximate surface area is 99.0 Å². The van der Waals surface area contributed by atoms with E-state index in [0.717, 1.165) is 5.56 Å². The molecule has 1 fully saturated rings. The molecule has 1 aliphatic rings. The third-order valence-corrected chi connectivity index (χ3v) is 2.91. The minimum Gasteiger partial charge on any atom is -0.479 e. The van der Waals surface area contributed by atoms with E-state index in [0.29, 0.717) is 6.42 Å². The fourth-order valence-electron chi connectivity index (χ4n) is 1.98. The molecule has 0 aliphatic carbocycles. The summed E-state index contributed by atoms with van der Waals surface area (Å²) in [4.78, 5) is 24.0. The summed E-state index contributed by atoms with van der Waals surface area (Å²) in [5, 5.41) is 11.7. The van der Waals surface area contributed by atoms with Crippen LogP contribution in [0.5, 0.6) is 0 Å². The maximum absolute atomic E-state index is 11.8. The number of nitrogens with zero attached hydrogens (tertiary/aromatic N) is 1. The number of likely N-dealkylation sites (N-methyl/N-ethyl adjacent to an activating group) is 1. The van der Waals surface area contributed by atoms with Gasteiger partial charge < -0.3 is 10.0 Å². The largest absolute Gasteiger partial charge is 0.479 e. The Bertz CT molecular complexity index is 433. The monoisotopic (exact) mass is 234 g/mol. The van der Waals surface area contributed by atoms with Gasteiger partial charge >= 0.3 is 5.97 Å². The smallest absolute Gasteiger partial charge is 0.341 e. The van der Waals surface area contributed by atoms with Crippen LogP contribution in [-0.2, 0) is 16.0 Å². The predicted molar refractivity (Wildman–Crippen MR) is 61.3 cm³/mol. The van der Waals surface area contributed by atoms with Gasteiger partial charge in [0, 0.05) is 7.05 Å². The van der Waals surface area contributed by atoms with Gasteiger partial charge in [0.2, 0.25) is 5.91 Å². The highest BCUT2D eigenvalue weighted by atomic mass is 16.4. The number of amides is 1. The van der Waals surface area contributed by atoms with Crippen LogP contribution < -0.4 is 5.32 Å². The zero-order valence-corrected chi connectivity index (χ0v) is 9.46. The van der Waals surface area contributed by atoms with Crippen molar-refractivity contribution in [1.29, 1.82) is 0 Å². The topological polar surface area (TPSA) is 69.6 Å². The summed E-state index contributed by atoms with van der Waals surface area (Å²) in [5.41, 5.74) is 1.01. The minimum absolute atomic E-state index is 0.179. The molecule has 1 amide bonds. The van der Waals surface area contributed by atoms with Crippen LogP contribution in [0.25, 0.3) is 0 Å². The van der Waals surface area contributed by atoms with E-state index in [2.05, 4.69) is 5.32 Å². The predicted octanol–water partition coefficient (Wildman–Crippen LogP) is 0.0700. The highest BCUT2D eigenvalue weighted by Crippen LogP contribution is 2.13. The van der Waals surface area contributed by atoms with Gasteiger partial charge in [-0.15, -0.1) is 0 Å². The summed E-state index contributed by atoms with van der Waals surface area (Å²) >= 11 is 0. The van der Waals surface area contributed by atoms with Crippen molar-refractivity contribution in [3.05, 3.63) is 35.9 Å². The standard InChI is InChI=1S/C12H14N2O3/c1-14-10(12(16)17)13-9(11(14)15)7-8-5-3-2-4-6-8/h2-6,9-10,13H,7H2,1H3,(H,16,17)/t9-,10?/m0/s1. The molecule has 1 unspecified atom stereocenters. The number of carbonyl (C=O) groups is 2. The van der Waals surface area contributed by atoms with Crippen molar-refractivity contribution in [2.45, 2.75) is 18.6 Å². The lowest BCUT2D eigenvalue weighted by Gasteiger charge is -2.13. The molecule has 5 nitrogen and oxygen atoms in total. The van der Waals surface area contributed by atoms with Crippen molar-refractivity contribution in [3.8, 4) is 0 Å². The van der Waals surface area contributed by atoms with Crippen LogP contribution in [0, 0.1) is 0 Å². The van der Waals surface area contributed by atoms with Crippen LogP contribution in [0.2, 0.25) is 0 Å². The average Bonchev–Trinajstić information content (AvgIpc) is 2.59. The summed E-state index contributed by atoms with van der Waals surface area (Å²) in [6.07, 6.45) is -0.412. The molecule has 0 radical (unpaired) electrons. The Balaban J connectivity index is 2.09. The molecule has 1 saturated heterocycles. The summed E-state index contributed by atoms with van der Waals surface area (Å²) in [5.74, 6) is -1.21. The second-order valence-corrected chi connectivity index (χ2v) is 4.10. The summed E-state index contributed by atoms with van der Waals surface area (Å²) in [7, 11) is 1.50. The molecule has 0 spiro atoms. The molecular formula is C12H14N2O3. The van der Waals surface area contributed by atoms with E-state index in [1.165, 1.54) is 11.9 Å². The first-order valence-corrected chi connectivity index (χ1v) is 5.39. The van der Waals surface area contributed by atoms with Gasteiger partial charge in [-0.1, -0.05) is 30.3 Å². The van der Waals surface area contributed by atoms with E-state index in [1.807, 2.05) is 30.3 Å². The van der Waals surface area contributed by atoms with Crippen LogP contribution in [-0.4, -0.2) is 41.1 Å². The molecule has 5 heteroatoms. The molecule has 0 saturated carbocycles. The molecule has 2 rings (SSSR count). The first-order chi connectivity index (χ1) is 8.09. The number of carboxylic acids is 1. The lowest BCUT2D eigenvalue weighted by molar-refractivity contribution is -0.145. The number of carbonyl (C=O) groups excluding carboxylic acids is 1. The fraction of sp³-hybridized carbons (Fsp3) is 0.333. The molecule has 2 atom stereocenters. The number of hydrogen-bond acceptors (Lipinski definition) is 3. The van der Waals surface area contributed by atoms with Gasteiger partial charge in [-0.3, -0.25) is 10.1 Å². The molecule has 17 heavy (non-hydrogen) atoms. The van der Waals surface area contributed by atoms with Crippen LogP contribution in [0.1, 0.15) is 5.56 Å². The van der Waals surface area contributed by atoms with Crippen molar-refractivity contribution >= 4 is 11.9 Å². The summed E-state index contributed by atoms with van der Waals surface area (Å²) in [6, 6.07) is 9.08. The van der Waals surface area contributed by atoms with Crippen LogP contribution in [0.4, 0.5) is 0 Å². The average molecular weight is 234 g/mol. The zero-order chi connectivity index (χ0) is 12.4. The van der Waals surface area contributed by atoms with Crippen LogP contribution in [0.15, 0.2) is 30.3 Å². The van der Waals surface area contributed by atoms with E-state index < -0.39 is 18.2 Å². The molecule has 1 aromatic carbocycles.